The number of hydrogen-bond donors (Lipinski definition) is 3. The van der Waals surface area contributed by atoms with Crippen molar-refractivity contribution in [2.45, 2.75) is 32.6 Å². The van der Waals surface area contributed by atoms with Gasteiger partial charge < -0.3 is 15.5 Å². The second-order valence-electron chi connectivity index (χ2n) is 10.1. The Balaban J connectivity index is 1.76. The molecule has 0 bridgehead atoms. The van der Waals surface area contributed by atoms with E-state index in [0.717, 1.165) is 37.1 Å². The second-order valence-corrected chi connectivity index (χ2v) is 10.1. The lowest BCUT2D eigenvalue weighted by atomic mass is 9.70. The number of phenolic OH excluding ortho intramolecular Hbond substituents is 1. The Hall–Kier alpha value is -3.70. The highest BCUT2D eigenvalue weighted by Crippen LogP contribution is 2.46. The van der Waals surface area contributed by atoms with Gasteiger partial charge in [0.25, 0.3) is 0 Å². The molecule has 1 fully saturated rings. The van der Waals surface area contributed by atoms with E-state index in [4.69, 9.17) is 0 Å². The smallest absolute Gasteiger partial charge is 0.190 e. The first kappa shape index (κ1) is 25.0. The minimum atomic E-state index is -0.381. The molecule has 4 nitrogen and oxygen atoms in total. The number of aromatic hydroxyl groups is 1. The molecule has 0 aromatic heterocycles. The highest BCUT2D eigenvalue weighted by Gasteiger charge is 2.37. The molecule has 3 aromatic rings. The van der Waals surface area contributed by atoms with Crippen LogP contribution in [0.4, 0.5) is 4.39 Å². The third kappa shape index (κ3) is 5.09. The number of hydrogen-bond acceptors (Lipinski definition) is 4. The molecule has 2 atom stereocenters. The van der Waals surface area contributed by atoms with E-state index in [1.165, 1.54) is 18.2 Å². The van der Waals surface area contributed by atoms with Gasteiger partial charge in [0, 0.05) is 23.3 Å². The van der Waals surface area contributed by atoms with E-state index in [2.05, 4.69) is 5.32 Å². The van der Waals surface area contributed by atoms with E-state index in [1.54, 1.807) is 31.2 Å². The fourth-order valence-corrected chi connectivity index (χ4v) is 5.79. The molecule has 37 heavy (non-hydrogen) atoms. The van der Waals surface area contributed by atoms with Gasteiger partial charge in [0.2, 0.25) is 0 Å². The van der Waals surface area contributed by atoms with Crippen LogP contribution < -0.4 is 5.32 Å². The zero-order valence-corrected chi connectivity index (χ0v) is 21.0. The van der Waals surface area contributed by atoms with Crippen LogP contribution in [-0.2, 0) is 6.42 Å². The molecule has 1 aliphatic carbocycles. The number of rotatable bonds is 6. The number of aliphatic hydroxyl groups is 1. The third-order valence-corrected chi connectivity index (χ3v) is 7.69. The van der Waals surface area contributed by atoms with Crippen LogP contribution in [0.5, 0.6) is 5.75 Å². The number of aliphatic hydroxyl groups excluding tert-OH is 1. The molecule has 1 saturated heterocycles. The van der Waals surface area contributed by atoms with Gasteiger partial charge in [-0.3, -0.25) is 4.79 Å². The van der Waals surface area contributed by atoms with Crippen LogP contribution in [0.2, 0.25) is 0 Å². The molecule has 3 N–H and O–H groups in total. The first-order chi connectivity index (χ1) is 17.9. The molecule has 0 radical (unpaired) electrons. The van der Waals surface area contributed by atoms with Crippen molar-refractivity contribution < 1.29 is 19.4 Å². The van der Waals surface area contributed by atoms with Gasteiger partial charge in [-0.1, -0.05) is 54.6 Å². The molecule has 5 heteroatoms. The zero-order valence-electron chi connectivity index (χ0n) is 21.0. The molecule has 3 aromatic carbocycles. The molecule has 2 unspecified atom stereocenters. The molecule has 0 saturated carbocycles. The Labute approximate surface area is 217 Å². The third-order valence-electron chi connectivity index (χ3n) is 7.69. The number of carbonyl (C=O) groups excluding carboxylic acids is 1. The van der Waals surface area contributed by atoms with Crippen molar-refractivity contribution >= 4 is 11.4 Å². The molecule has 1 aliphatic heterocycles. The van der Waals surface area contributed by atoms with Crippen LogP contribution >= 0.6 is 0 Å². The normalized spacial score (nSPS) is 20.3. The summed E-state index contributed by atoms with van der Waals surface area (Å²) in [5, 5.41) is 25.4. The van der Waals surface area contributed by atoms with Crippen molar-refractivity contribution in [3.05, 3.63) is 118 Å². The van der Waals surface area contributed by atoms with E-state index in [9.17, 15) is 19.4 Å². The SMILES string of the molecule is Cc1c(F)cccc1C1=C(C(=O)c2cccc(O)c2)C(Cc2ccccc2)CC(C2CCCNC2)=C1O. The topological polar surface area (TPSA) is 69.6 Å². The summed E-state index contributed by atoms with van der Waals surface area (Å²) in [5.41, 5.74) is 4.17. The van der Waals surface area contributed by atoms with Gasteiger partial charge in [0.15, 0.2) is 5.78 Å². The van der Waals surface area contributed by atoms with Crippen molar-refractivity contribution in [1.82, 2.24) is 5.32 Å². The minimum absolute atomic E-state index is 0.000844. The standard InChI is InChI=1S/C32H32FNO3/c1-20-26(13-6-14-28(20)33)30-29(31(36)22-10-5-12-25(35)17-22)24(16-21-8-3-2-4-9-21)18-27(32(30)37)23-11-7-15-34-19-23/h2-6,8-10,12-14,17,23-24,34-35,37H,7,11,15-16,18-19H2,1H3. The van der Waals surface area contributed by atoms with Gasteiger partial charge in [-0.2, -0.15) is 0 Å². The number of carbonyl (C=O) groups is 1. The summed E-state index contributed by atoms with van der Waals surface area (Å²) in [5.74, 6) is -0.624. The maximum Gasteiger partial charge on any atom is 0.190 e. The summed E-state index contributed by atoms with van der Waals surface area (Å²) in [7, 11) is 0. The van der Waals surface area contributed by atoms with E-state index in [1.807, 2.05) is 30.3 Å². The van der Waals surface area contributed by atoms with E-state index in [0.29, 0.717) is 40.7 Å². The van der Waals surface area contributed by atoms with Crippen molar-refractivity contribution in [2.75, 3.05) is 13.1 Å². The Morgan fingerprint density at radius 2 is 1.81 bits per heavy atom. The quantitative estimate of drug-likeness (QED) is 0.338. The highest BCUT2D eigenvalue weighted by atomic mass is 19.1. The minimum Gasteiger partial charge on any atom is -0.508 e. The van der Waals surface area contributed by atoms with Crippen molar-refractivity contribution in [2.24, 2.45) is 11.8 Å². The largest absolute Gasteiger partial charge is 0.508 e. The van der Waals surface area contributed by atoms with Crippen LogP contribution in [0.3, 0.4) is 0 Å². The average molecular weight is 498 g/mol. The summed E-state index contributed by atoms with van der Waals surface area (Å²) in [6.45, 7) is 3.40. The number of allylic oxidation sites excluding steroid dienone is 2. The number of Topliss-reactive ketones (excluding diaryl/α,β-unsaturated/α-hetero) is 1. The average Bonchev–Trinajstić information content (AvgIpc) is 2.92. The first-order valence-corrected chi connectivity index (χ1v) is 12.9. The fraction of sp³-hybridized carbons (Fsp3) is 0.281. The number of phenols is 1. The maximum absolute atomic E-state index is 14.8. The Morgan fingerprint density at radius 3 is 2.54 bits per heavy atom. The molecule has 2 aliphatic rings. The van der Waals surface area contributed by atoms with E-state index >= 15 is 0 Å². The fourth-order valence-electron chi connectivity index (χ4n) is 5.79. The van der Waals surface area contributed by atoms with Gasteiger partial charge in [0.05, 0.1) is 0 Å². The van der Waals surface area contributed by atoms with Gasteiger partial charge in [-0.25, -0.2) is 4.39 Å². The summed E-state index contributed by atoms with van der Waals surface area (Å²) in [6.07, 6.45) is 3.12. The molecule has 0 spiro atoms. The van der Waals surface area contributed by atoms with Crippen LogP contribution in [0, 0.1) is 24.6 Å². The molecule has 5 rings (SSSR count). The Bertz CT molecular complexity index is 1370. The molecule has 1 heterocycles. The summed E-state index contributed by atoms with van der Waals surface area (Å²) < 4.78 is 14.8. The lowest BCUT2D eigenvalue weighted by molar-refractivity contribution is 0.102. The summed E-state index contributed by atoms with van der Waals surface area (Å²) in [6, 6.07) is 21.1. The molecular weight excluding hydrogens is 465 g/mol. The zero-order chi connectivity index (χ0) is 25.9. The van der Waals surface area contributed by atoms with Gasteiger partial charge in [-0.15, -0.1) is 0 Å². The number of halogens is 1. The van der Waals surface area contributed by atoms with Gasteiger partial charge in [0.1, 0.15) is 17.3 Å². The first-order valence-electron chi connectivity index (χ1n) is 12.9. The molecule has 0 amide bonds. The Kier molecular flexibility index (Phi) is 7.24. The summed E-state index contributed by atoms with van der Waals surface area (Å²) >= 11 is 0. The number of ketones is 1. The van der Waals surface area contributed by atoms with Crippen molar-refractivity contribution in [3.63, 3.8) is 0 Å². The van der Waals surface area contributed by atoms with Crippen molar-refractivity contribution in [3.8, 4) is 5.75 Å². The predicted molar refractivity (Wildman–Crippen MR) is 144 cm³/mol. The van der Waals surface area contributed by atoms with Crippen LogP contribution in [-0.4, -0.2) is 29.1 Å². The van der Waals surface area contributed by atoms with Gasteiger partial charge >= 0.3 is 0 Å². The van der Waals surface area contributed by atoms with E-state index < -0.39 is 0 Å². The Morgan fingerprint density at radius 1 is 1.03 bits per heavy atom. The van der Waals surface area contributed by atoms with Gasteiger partial charge in [-0.05, 0) is 91.5 Å². The van der Waals surface area contributed by atoms with Crippen LogP contribution in [0.15, 0.2) is 89.7 Å². The highest BCUT2D eigenvalue weighted by molar-refractivity contribution is 6.15. The second kappa shape index (κ2) is 10.7. The van der Waals surface area contributed by atoms with Crippen molar-refractivity contribution in [1.29, 1.82) is 0 Å². The number of nitrogens with one attached hydrogen (secondary N) is 1. The predicted octanol–water partition coefficient (Wildman–Crippen LogP) is 6.55. The lowest BCUT2D eigenvalue weighted by Crippen LogP contribution is -2.34. The maximum atomic E-state index is 14.8. The molecule has 190 valence electrons. The van der Waals surface area contributed by atoms with Crippen LogP contribution in [0.25, 0.3) is 5.57 Å². The number of benzene rings is 3. The van der Waals surface area contributed by atoms with Crippen LogP contribution in [0.1, 0.15) is 46.3 Å². The van der Waals surface area contributed by atoms with E-state index in [-0.39, 0.29) is 34.9 Å². The molecular formula is C32H32FNO3. The lowest BCUT2D eigenvalue weighted by Gasteiger charge is -2.35. The monoisotopic (exact) mass is 497 g/mol. The number of piperidine rings is 1. The summed E-state index contributed by atoms with van der Waals surface area (Å²) in [4.78, 5) is 14.2.